The van der Waals surface area contributed by atoms with Gasteiger partial charge in [-0.15, -0.1) is 0 Å². The summed E-state index contributed by atoms with van der Waals surface area (Å²) < 4.78 is 5.23. The number of aromatic nitrogens is 2. The maximum Gasteiger partial charge on any atom is 0.320 e. The molecule has 0 radical (unpaired) electrons. The van der Waals surface area contributed by atoms with Crippen molar-refractivity contribution in [2.75, 3.05) is 6.54 Å². The fraction of sp³-hybridized carbons (Fsp3) is 0.400. The number of carboxylic acids is 1. The third kappa shape index (κ3) is 3.28. The maximum absolute atomic E-state index is 11.1. The first-order valence-electron chi connectivity index (χ1n) is 7.04. The highest BCUT2D eigenvalue weighted by atomic mass is 16.5. The third-order valence-corrected chi connectivity index (χ3v) is 3.70. The number of carboxylic acid groups (broad SMARTS) is 1. The average Bonchev–Trinajstić information content (AvgIpc) is 3.10. The number of rotatable bonds is 5. The summed E-state index contributed by atoms with van der Waals surface area (Å²) in [6.07, 6.45) is 2.19. The first-order valence-corrected chi connectivity index (χ1v) is 7.04. The molecule has 3 rings (SSSR count). The van der Waals surface area contributed by atoms with Gasteiger partial charge in [0.1, 0.15) is 6.04 Å². The number of likely N-dealkylation sites (tertiary alicyclic amines) is 1. The van der Waals surface area contributed by atoms with Crippen LogP contribution < -0.4 is 0 Å². The van der Waals surface area contributed by atoms with Gasteiger partial charge in [0, 0.05) is 6.42 Å². The molecule has 1 aromatic carbocycles. The Kier molecular flexibility index (Phi) is 3.96. The maximum atomic E-state index is 11.1. The van der Waals surface area contributed by atoms with E-state index in [1.54, 1.807) is 0 Å². The van der Waals surface area contributed by atoms with Gasteiger partial charge in [-0.25, -0.2) is 0 Å². The molecule has 0 amide bonds. The van der Waals surface area contributed by atoms with Crippen LogP contribution in [-0.4, -0.2) is 38.7 Å². The minimum atomic E-state index is -0.781. The quantitative estimate of drug-likeness (QED) is 0.901. The lowest BCUT2D eigenvalue weighted by molar-refractivity contribution is -0.142. The van der Waals surface area contributed by atoms with E-state index >= 15 is 0 Å². The van der Waals surface area contributed by atoms with E-state index in [-0.39, 0.29) is 0 Å². The van der Waals surface area contributed by atoms with E-state index < -0.39 is 12.0 Å². The Bertz CT molecular complexity index is 612. The standard InChI is InChI=1S/C15H17N3O3/c19-15(20)12-7-4-8-18(12)10-14-16-13(17-21-14)9-11-5-2-1-3-6-11/h1-3,5-6,12H,4,7-10H2,(H,19,20)/t12-/m0/s1. The summed E-state index contributed by atoms with van der Waals surface area (Å²) in [5, 5.41) is 13.1. The average molecular weight is 287 g/mol. The van der Waals surface area contributed by atoms with Gasteiger partial charge >= 0.3 is 5.97 Å². The van der Waals surface area contributed by atoms with E-state index in [0.29, 0.717) is 31.1 Å². The Morgan fingerprint density at radius 2 is 2.19 bits per heavy atom. The summed E-state index contributed by atoms with van der Waals surface area (Å²) in [7, 11) is 0. The number of carbonyl (C=O) groups is 1. The van der Waals surface area contributed by atoms with Gasteiger partial charge in [0.25, 0.3) is 0 Å². The van der Waals surface area contributed by atoms with Crippen LogP contribution in [0.2, 0.25) is 0 Å². The van der Waals surface area contributed by atoms with Crippen molar-refractivity contribution in [3.05, 3.63) is 47.6 Å². The highest BCUT2D eigenvalue weighted by Crippen LogP contribution is 2.19. The van der Waals surface area contributed by atoms with Crippen LogP contribution in [0.15, 0.2) is 34.9 Å². The Morgan fingerprint density at radius 1 is 1.38 bits per heavy atom. The van der Waals surface area contributed by atoms with Crippen molar-refractivity contribution < 1.29 is 14.4 Å². The van der Waals surface area contributed by atoms with Crippen LogP contribution in [0.3, 0.4) is 0 Å². The molecule has 1 aliphatic heterocycles. The molecular weight excluding hydrogens is 270 g/mol. The highest BCUT2D eigenvalue weighted by molar-refractivity contribution is 5.73. The summed E-state index contributed by atoms with van der Waals surface area (Å²) in [6, 6.07) is 9.49. The topological polar surface area (TPSA) is 79.5 Å². The summed E-state index contributed by atoms with van der Waals surface area (Å²) in [5.41, 5.74) is 1.12. The Morgan fingerprint density at radius 3 is 2.95 bits per heavy atom. The molecule has 0 spiro atoms. The minimum Gasteiger partial charge on any atom is -0.480 e. The van der Waals surface area contributed by atoms with Gasteiger partial charge in [0.05, 0.1) is 6.54 Å². The van der Waals surface area contributed by atoms with Crippen molar-refractivity contribution in [2.45, 2.75) is 31.8 Å². The monoisotopic (exact) mass is 287 g/mol. The second-order valence-corrected chi connectivity index (χ2v) is 5.23. The summed E-state index contributed by atoms with van der Waals surface area (Å²) in [4.78, 5) is 17.4. The molecule has 2 aromatic rings. The van der Waals surface area contributed by atoms with Crippen LogP contribution in [0.25, 0.3) is 0 Å². The molecule has 21 heavy (non-hydrogen) atoms. The fourth-order valence-corrected chi connectivity index (χ4v) is 2.67. The lowest BCUT2D eigenvalue weighted by Crippen LogP contribution is -2.35. The van der Waals surface area contributed by atoms with Crippen LogP contribution in [0.5, 0.6) is 0 Å². The molecule has 1 saturated heterocycles. The second kappa shape index (κ2) is 6.05. The number of hydrogen-bond donors (Lipinski definition) is 1. The summed E-state index contributed by atoms with van der Waals surface area (Å²) in [5.74, 6) is 0.327. The molecule has 2 heterocycles. The van der Waals surface area contributed by atoms with E-state index in [2.05, 4.69) is 10.1 Å². The molecule has 1 aromatic heterocycles. The van der Waals surface area contributed by atoms with E-state index in [9.17, 15) is 4.79 Å². The van der Waals surface area contributed by atoms with Crippen LogP contribution in [0, 0.1) is 0 Å². The van der Waals surface area contributed by atoms with Gasteiger partial charge in [-0.05, 0) is 24.9 Å². The first-order chi connectivity index (χ1) is 10.2. The normalized spacial score (nSPS) is 19.0. The summed E-state index contributed by atoms with van der Waals surface area (Å²) in [6.45, 7) is 1.16. The number of aliphatic carboxylic acids is 1. The second-order valence-electron chi connectivity index (χ2n) is 5.23. The van der Waals surface area contributed by atoms with E-state index in [1.807, 2.05) is 35.2 Å². The molecule has 1 atom stereocenters. The van der Waals surface area contributed by atoms with Crippen LogP contribution >= 0.6 is 0 Å². The molecule has 1 aliphatic rings. The van der Waals surface area contributed by atoms with Gasteiger partial charge in [0.15, 0.2) is 5.82 Å². The van der Waals surface area contributed by atoms with Crippen LogP contribution in [0.4, 0.5) is 0 Å². The summed E-state index contributed by atoms with van der Waals surface area (Å²) >= 11 is 0. The Balaban J connectivity index is 1.64. The van der Waals surface area contributed by atoms with Crippen LogP contribution in [0.1, 0.15) is 30.1 Å². The predicted octanol–water partition coefficient (Wildman–Crippen LogP) is 1.71. The SMILES string of the molecule is O=C(O)[C@@H]1CCCN1Cc1nc(Cc2ccccc2)no1. The first kappa shape index (κ1) is 13.8. The zero-order chi connectivity index (χ0) is 14.7. The highest BCUT2D eigenvalue weighted by Gasteiger charge is 2.31. The van der Waals surface area contributed by atoms with Crippen molar-refractivity contribution in [3.8, 4) is 0 Å². The van der Waals surface area contributed by atoms with Gasteiger partial charge in [-0.2, -0.15) is 4.98 Å². The van der Waals surface area contributed by atoms with E-state index in [0.717, 1.165) is 18.5 Å². The largest absolute Gasteiger partial charge is 0.480 e. The zero-order valence-electron chi connectivity index (χ0n) is 11.6. The molecule has 0 unspecified atom stereocenters. The minimum absolute atomic E-state index is 0.402. The number of nitrogens with zero attached hydrogens (tertiary/aromatic N) is 3. The molecule has 110 valence electrons. The van der Waals surface area contributed by atoms with Crippen LogP contribution in [-0.2, 0) is 17.8 Å². The van der Waals surface area contributed by atoms with Crippen molar-refractivity contribution in [1.82, 2.24) is 15.0 Å². The van der Waals surface area contributed by atoms with Gasteiger partial charge in [0.2, 0.25) is 5.89 Å². The lowest BCUT2D eigenvalue weighted by atomic mass is 10.1. The number of benzene rings is 1. The third-order valence-electron chi connectivity index (χ3n) is 3.70. The Hall–Kier alpha value is -2.21. The van der Waals surface area contributed by atoms with Crippen molar-refractivity contribution in [3.63, 3.8) is 0 Å². The van der Waals surface area contributed by atoms with Gasteiger partial charge in [-0.1, -0.05) is 35.5 Å². The molecule has 1 N–H and O–H groups in total. The van der Waals surface area contributed by atoms with Crippen molar-refractivity contribution in [1.29, 1.82) is 0 Å². The molecule has 1 fully saturated rings. The van der Waals surface area contributed by atoms with Crippen molar-refractivity contribution >= 4 is 5.97 Å². The van der Waals surface area contributed by atoms with E-state index in [4.69, 9.17) is 9.63 Å². The van der Waals surface area contributed by atoms with E-state index in [1.165, 1.54) is 0 Å². The molecule has 0 saturated carbocycles. The molecule has 6 heteroatoms. The molecule has 0 aliphatic carbocycles. The fourth-order valence-electron chi connectivity index (χ4n) is 2.67. The lowest BCUT2D eigenvalue weighted by Gasteiger charge is -2.18. The van der Waals surface area contributed by atoms with Crippen molar-refractivity contribution in [2.24, 2.45) is 0 Å². The molecular formula is C15H17N3O3. The zero-order valence-corrected chi connectivity index (χ0v) is 11.6. The smallest absolute Gasteiger partial charge is 0.320 e. The van der Waals surface area contributed by atoms with Gasteiger partial charge in [-0.3, -0.25) is 9.69 Å². The van der Waals surface area contributed by atoms with Gasteiger partial charge < -0.3 is 9.63 Å². The molecule has 6 nitrogen and oxygen atoms in total. The predicted molar refractivity (Wildman–Crippen MR) is 74.6 cm³/mol. The molecule has 0 bridgehead atoms. The Labute approximate surface area is 122 Å². The number of hydrogen-bond acceptors (Lipinski definition) is 5.